The number of fused-ring (bicyclic) bond motifs is 1. The quantitative estimate of drug-likeness (QED) is 0.723. The van der Waals surface area contributed by atoms with Gasteiger partial charge in [-0.1, -0.05) is 48.5 Å². The third-order valence-electron chi connectivity index (χ3n) is 3.02. The van der Waals surface area contributed by atoms with Gasteiger partial charge in [0.25, 0.3) is 0 Å². The van der Waals surface area contributed by atoms with Crippen LogP contribution in [0, 0.1) is 0 Å². The second kappa shape index (κ2) is 4.06. The number of para-hydroxylation sites is 1. The molecular weight excluding hydrogens is 208 g/mol. The number of hydrogen-bond donors (Lipinski definition) is 0. The molecule has 2 heteroatoms. The minimum absolute atomic E-state index is 0.921. The second-order valence-electron chi connectivity index (χ2n) is 4.29. The van der Waals surface area contributed by atoms with Gasteiger partial charge in [-0.15, -0.1) is 0 Å². The van der Waals surface area contributed by atoms with Gasteiger partial charge in [0, 0.05) is 19.2 Å². The van der Waals surface area contributed by atoms with Crippen LogP contribution in [0.3, 0.4) is 0 Å². The molecule has 1 aliphatic heterocycles. The van der Waals surface area contributed by atoms with Crippen molar-refractivity contribution in [3.05, 3.63) is 65.7 Å². The molecule has 0 N–H and O–H groups in total. The number of nitrogens with zero attached hydrogens (tertiary/aromatic N) is 2. The molecule has 1 aliphatic rings. The van der Waals surface area contributed by atoms with Gasteiger partial charge in [-0.25, -0.2) is 4.99 Å². The van der Waals surface area contributed by atoms with Crippen LogP contribution in [0.25, 0.3) is 0 Å². The summed E-state index contributed by atoms with van der Waals surface area (Å²) in [5.41, 5.74) is 3.55. The van der Waals surface area contributed by atoms with E-state index >= 15 is 0 Å². The van der Waals surface area contributed by atoms with Crippen molar-refractivity contribution in [2.75, 3.05) is 7.05 Å². The summed E-state index contributed by atoms with van der Waals surface area (Å²) in [5.74, 6) is 1.05. The van der Waals surface area contributed by atoms with Crippen molar-refractivity contribution in [3.63, 3.8) is 0 Å². The molecule has 0 saturated carbocycles. The van der Waals surface area contributed by atoms with Crippen molar-refractivity contribution in [2.45, 2.75) is 6.54 Å². The van der Waals surface area contributed by atoms with Crippen molar-refractivity contribution in [3.8, 4) is 0 Å². The summed E-state index contributed by atoms with van der Waals surface area (Å²) in [6, 6.07) is 18.6. The second-order valence-corrected chi connectivity index (χ2v) is 4.29. The Labute approximate surface area is 101 Å². The summed E-state index contributed by atoms with van der Waals surface area (Å²) in [6.45, 7) is 0.921. The molecule has 3 rings (SSSR count). The fraction of sp³-hybridized carbons (Fsp3) is 0.133. The van der Waals surface area contributed by atoms with E-state index in [1.54, 1.807) is 0 Å². The molecule has 1 heterocycles. The minimum atomic E-state index is 0.921. The lowest BCUT2D eigenvalue weighted by molar-refractivity contribution is 0.494. The topological polar surface area (TPSA) is 15.6 Å². The predicted molar refractivity (Wildman–Crippen MR) is 70.5 cm³/mol. The Balaban J connectivity index is 2.10. The van der Waals surface area contributed by atoms with E-state index < -0.39 is 0 Å². The van der Waals surface area contributed by atoms with Gasteiger partial charge >= 0.3 is 0 Å². The van der Waals surface area contributed by atoms with Gasteiger partial charge in [0.15, 0.2) is 0 Å². The first-order chi connectivity index (χ1) is 8.34. The number of benzene rings is 2. The highest BCUT2D eigenvalue weighted by Gasteiger charge is 2.16. The summed E-state index contributed by atoms with van der Waals surface area (Å²) < 4.78 is 0. The molecule has 0 atom stereocenters. The number of aliphatic imine (C=N–C) groups is 1. The standard InChI is InChI=1S/C15H14N2/c1-17-11-13-9-5-6-10-14(13)16-15(17)12-7-3-2-4-8-12/h2-10H,11H2,1H3. The number of amidine groups is 1. The summed E-state index contributed by atoms with van der Waals surface area (Å²) in [7, 11) is 2.09. The largest absolute Gasteiger partial charge is 0.355 e. The van der Waals surface area contributed by atoms with Crippen LogP contribution < -0.4 is 0 Å². The summed E-state index contributed by atoms with van der Waals surface area (Å²) >= 11 is 0. The maximum Gasteiger partial charge on any atom is 0.136 e. The third kappa shape index (κ3) is 1.82. The number of hydrogen-bond acceptors (Lipinski definition) is 2. The smallest absolute Gasteiger partial charge is 0.136 e. The molecule has 0 radical (unpaired) electrons. The maximum absolute atomic E-state index is 4.74. The number of rotatable bonds is 1. The normalized spacial score (nSPS) is 14.2. The lowest BCUT2D eigenvalue weighted by Crippen LogP contribution is -2.29. The van der Waals surface area contributed by atoms with Gasteiger partial charge < -0.3 is 4.90 Å². The molecule has 0 bridgehead atoms. The molecule has 0 fully saturated rings. The van der Waals surface area contributed by atoms with Crippen LogP contribution in [0.5, 0.6) is 0 Å². The van der Waals surface area contributed by atoms with Crippen molar-refractivity contribution < 1.29 is 0 Å². The zero-order valence-electron chi connectivity index (χ0n) is 9.80. The zero-order valence-corrected chi connectivity index (χ0v) is 9.80. The molecular formula is C15H14N2. The highest BCUT2D eigenvalue weighted by molar-refractivity contribution is 6.01. The zero-order chi connectivity index (χ0) is 11.7. The first kappa shape index (κ1) is 10.1. The van der Waals surface area contributed by atoms with Crippen LogP contribution in [0.4, 0.5) is 5.69 Å². The van der Waals surface area contributed by atoms with Crippen molar-refractivity contribution in [1.29, 1.82) is 0 Å². The molecule has 0 amide bonds. The minimum Gasteiger partial charge on any atom is -0.355 e. The lowest BCUT2D eigenvalue weighted by atomic mass is 10.1. The van der Waals surface area contributed by atoms with E-state index in [9.17, 15) is 0 Å². The molecule has 2 aromatic rings. The average Bonchev–Trinajstić information content (AvgIpc) is 2.39. The van der Waals surface area contributed by atoms with Crippen molar-refractivity contribution in [2.24, 2.45) is 4.99 Å². The van der Waals surface area contributed by atoms with E-state index in [1.807, 2.05) is 24.3 Å². The predicted octanol–water partition coefficient (Wildman–Crippen LogP) is 3.21. The van der Waals surface area contributed by atoms with Gasteiger partial charge in [0.2, 0.25) is 0 Å². The maximum atomic E-state index is 4.74. The molecule has 0 aliphatic carbocycles. The fourth-order valence-corrected chi connectivity index (χ4v) is 2.16. The summed E-state index contributed by atoms with van der Waals surface area (Å²) in [6.07, 6.45) is 0. The van der Waals surface area contributed by atoms with Gasteiger partial charge in [-0.05, 0) is 11.6 Å². The Kier molecular flexibility index (Phi) is 2.41. The van der Waals surface area contributed by atoms with Gasteiger partial charge in [-0.3, -0.25) is 0 Å². The summed E-state index contributed by atoms with van der Waals surface area (Å²) in [4.78, 5) is 6.93. The first-order valence-corrected chi connectivity index (χ1v) is 5.78. The highest BCUT2D eigenvalue weighted by atomic mass is 15.2. The monoisotopic (exact) mass is 222 g/mol. The van der Waals surface area contributed by atoms with E-state index in [0.717, 1.165) is 18.1 Å². The molecule has 84 valence electrons. The van der Waals surface area contributed by atoms with Gasteiger partial charge in [-0.2, -0.15) is 0 Å². The molecule has 0 saturated heterocycles. The Morgan fingerprint density at radius 2 is 1.65 bits per heavy atom. The van der Waals surface area contributed by atoms with E-state index in [4.69, 9.17) is 4.99 Å². The van der Waals surface area contributed by atoms with Crippen LogP contribution in [0.2, 0.25) is 0 Å². The molecule has 0 spiro atoms. The van der Waals surface area contributed by atoms with E-state index in [-0.39, 0.29) is 0 Å². The molecule has 17 heavy (non-hydrogen) atoms. The van der Waals surface area contributed by atoms with Gasteiger partial charge in [0.1, 0.15) is 5.84 Å². The molecule has 0 unspecified atom stereocenters. The van der Waals surface area contributed by atoms with E-state index in [2.05, 4.69) is 42.3 Å². The Morgan fingerprint density at radius 1 is 0.941 bits per heavy atom. The highest BCUT2D eigenvalue weighted by Crippen LogP contribution is 2.26. The molecule has 2 nitrogen and oxygen atoms in total. The van der Waals surface area contributed by atoms with Crippen LogP contribution in [0.15, 0.2) is 59.6 Å². The molecule has 0 aromatic heterocycles. The Hall–Kier alpha value is -2.09. The van der Waals surface area contributed by atoms with Gasteiger partial charge in [0.05, 0.1) is 5.69 Å². The fourth-order valence-electron chi connectivity index (χ4n) is 2.16. The van der Waals surface area contributed by atoms with Crippen LogP contribution in [-0.4, -0.2) is 17.8 Å². The lowest BCUT2D eigenvalue weighted by Gasteiger charge is -2.26. The first-order valence-electron chi connectivity index (χ1n) is 5.78. The van der Waals surface area contributed by atoms with Crippen molar-refractivity contribution >= 4 is 11.5 Å². The van der Waals surface area contributed by atoms with E-state index in [1.165, 1.54) is 11.1 Å². The Morgan fingerprint density at radius 3 is 2.47 bits per heavy atom. The van der Waals surface area contributed by atoms with Crippen LogP contribution in [0.1, 0.15) is 11.1 Å². The van der Waals surface area contributed by atoms with Crippen LogP contribution >= 0.6 is 0 Å². The van der Waals surface area contributed by atoms with Crippen molar-refractivity contribution in [1.82, 2.24) is 4.90 Å². The SMILES string of the molecule is CN1Cc2ccccc2N=C1c1ccccc1. The van der Waals surface area contributed by atoms with Crippen LogP contribution in [-0.2, 0) is 6.54 Å². The Bertz CT molecular complexity index is 558. The third-order valence-corrected chi connectivity index (χ3v) is 3.02. The summed E-state index contributed by atoms with van der Waals surface area (Å²) in [5, 5.41) is 0. The average molecular weight is 222 g/mol. The molecule has 2 aromatic carbocycles. The van der Waals surface area contributed by atoms with E-state index in [0.29, 0.717) is 0 Å².